The van der Waals surface area contributed by atoms with Crippen LogP contribution < -0.4 is 14.8 Å². The Morgan fingerprint density at radius 1 is 1.03 bits per heavy atom. The molecule has 0 radical (unpaired) electrons. The molecule has 204 valence electrons. The number of methoxy groups -OCH3 is 2. The zero-order chi connectivity index (χ0) is 26.1. The Labute approximate surface area is 227 Å². The molecule has 1 saturated carbocycles. The van der Waals surface area contributed by atoms with Gasteiger partial charge < -0.3 is 19.7 Å². The third kappa shape index (κ3) is 4.49. The van der Waals surface area contributed by atoms with Crippen LogP contribution >= 0.6 is 0 Å². The zero-order valence-electron chi connectivity index (χ0n) is 23.1. The standard InChI is InChI=1S/C32H43N3O3/c1-37-29-13-7-6-11-24(29)23-16-18-35(28(19-23)22-9-4-3-5-10-22)31(36)26-20-33-21-32(26)17-8-12-27-25(32)14-15-30(34-27)38-2/h6-7,11,13-15,22-23,26,28,33H,3-5,8-10,12,16-21H2,1-2H3/t23-,26+,28+,32+/m1/s1. The van der Waals surface area contributed by atoms with Crippen molar-refractivity contribution in [1.82, 2.24) is 15.2 Å². The fraction of sp³-hybridized carbons (Fsp3) is 0.625. The van der Waals surface area contributed by atoms with Crippen LogP contribution in [-0.2, 0) is 16.6 Å². The Balaban J connectivity index is 1.30. The molecular weight excluding hydrogens is 474 g/mol. The molecule has 4 atom stereocenters. The van der Waals surface area contributed by atoms with Crippen molar-refractivity contribution in [3.63, 3.8) is 0 Å². The van der Waals surface area contributed by atoms with Gasteiger partial charge in [-0.1, -0.05) is 43.5 Å². The number of aromatic nitrogens is 1. The molecular formula is C32H43N3O3. The number of carbonyl (C=O) groups excluding carboxylic acids is 1. The number of rotatable bonds is 5. The number of nitrogens with zero attached hydrogens (tertiary/aromatic N) is 2. The highest BCUT2D eigenvalue weighted by Gasteiger charge is 2.52. The Morgan fingerprint density at radius 2 is 1.87 bits per heavy atom. The molecule has 6 nitrogen and oxygen atoms in total. The summed E-state index contributed by atoms with van der Waals surface area (Å²) in [4.78, 5) is 21.8. The number of benzene rings is 1. The number of para-hydroxylation sites is 1. The van der Waals surface area contributed by atoms with Gasteiger partial charge in [-0.25, -0.2) is 4.98 Å². The monoisotopic (exact) mass is 517 g/mol. The number of nitrogens with one attached hydrogen (secondary N) is 1. The number of hydrogen-bond acceptors (Lipinski definition) is 5. The van der Waals surface area contributed by atoms with Crippen molar-refractivity contribution in [3.8, 4) is 11.6 Å². The van der Waals surface area contributed by atoms with E-state index < -0.39 is 0 Å². The summed E-state index contributed by atoms with van der Waals surface area (Å²) >= 11 is 0. The summed E-state index contributed by atoms with van der Waals surface area (Å²) in [5, 5.41) is 3.64. The number of hydrogen-bond donors (Lipinski definition) is 1. The minimum atomic E-state index is -0.166. The average Bonchev–Trinajstić information content (AvgIpc) is 3.40. The predicted molar refractivity (Wildman–Crippen MR) is 149 cm³/mol. The summed E-state index contributed by atoms with van der Waals surface area (Å²) in [6.07, 6.45) is 11.5. The summed E-state index contributed by atoms with van der Waals surface area (Å²) in [5.74, 6) is 3.02. The van der Waals surface area contributed by atoms with E-state index in [1.54, 1.807) is 14.2 Å². The number of fused-ring (bicyclic) bond motifs is 2. The van der Waals surface area contributed by atoms with Gasteiger partial charge in [-0.15, -0.1) is 0 Å². The first-order chi connectivity index (χ1) is 18.6. The average molecular weight is 518 g/mol. The second-order valence-corrected chi connectivity index (χ2v) is 12.0. The maximum absolute atomic E-state index is 14.6. The smallest absolute Gasteiger partial charge is 0.228 e. The molecule has 2 aliphatic heterocycles. The summed E-state index contributed by atoms with van der Waals surface area (Å²) in [7, 11) is 3.45. The quantitative estimate of drug-likeness (QED) is 0.587. The molecule has 1 aromatic carbocycles. The first-order valence-corrected chi connectivity index (χ1v) is 14.8. The highest BCUT2D eigenvalue weighted by atomic mass is 16.5. The maximum Gasteiger partial charge on any atom is 0.228 e. The van der Waals surface area contributed by atoms with E-state index in [2.05, 4.69) is 40.5 Å². The fourth-order valence-corrected chi connectivity index (χ4v) is 8.30. The van der Waals surface area contributed by atoms with Crippen LogP contribution in [0.1, 0.15) is 80.5 Å². The second-order valence-electron chi connectivity index (χ2n) is 12.0. The third-order valence-electron chi connectivity index (χ3n) is 10.2. The van der Waals surface area contributed by atoms with Crippen LogP contribution in [0.4, 0.5) is 0 Å². The molecule has 4 aliphatic rings. The number of piperidine rings is 1. The van der Waals surface area contributed by atoms with Crippen molar-refractivity contribution in [3.05, 3.63) is 53.2 Å². The van der Waals surface area contributed by atoms with Crippen molar-refractivity contribution < 1.29 is 14.3 Å². The molecule has 1 N–H and O–H groups in total. The van der Waals surface area contributed by atoms with Crippen LogP contribution in [0.15, 0.2) is 36.4 Å². The molecule has 2 saturated heterocycles. The molecule has 3 fully saturated rings. The van der Waals surface area contributed by atoms with Gasteiger partial charge >= 0.3 is 0 Å². The summed E-state index contributed by atoms with van der Waals surface area (Å²) in [6, 6.07) is 13.0. The molecule has 1 amide bonds. The molecule has 3 heterocycles. The molecule has 2 aliphatic carbocycles. The highest BCUT2D eigenvalue weighted by Crippen LogP contribution is 2.48. The summed E-state index contributed by atoms with van der Waals surface area (Å²) in [6.45, 7) is 2.45. The number of carbonyl (C=O) groups is 1. The van der Waals surface area contributed by atoms with Crippen LogP contribution in [0.5, 0.6) is 11.6 Å². The van der Waals surface area contributed by atoms with Gasteiger partial charge in [0.25, 0.3) is 0 Å². The number of likely N-dealkylation sites (tertiary alicyclic amines) is 1. The van der Waals surface area contributed by atoms with Crippen LogP contribution in [0.3, 0.4) is 0 Å². The molecule has 0 bridgehead atoms. The number of aryl methyl sites for hydroxylation is 1. The van der Waals surface area contributed by atoms with E-state index in [0.29, 0.717) is 29.7 Å². The Hall–Kier alpha value is -2.60. The van der Waals surface area contributed by atoms with Crippen molar-refractivity contribution in [2.75, 3.05) is 33.9 Å². The molecule has 0 unspecified atom stereocenters. The van der Waals surface area contributed by atoms with Crippen LogP contribution in [0, 0.1) is 11.8 Å². The topological polar surface area (TPSA) is 63.7 Å². The Bertz CT molecular complexity index is 1150. The SMILES string of the molecule is COc1ccc2c(n1)CCC[C@]21CNC[C@H]1C(=O)N1CC[C@@H](c2ccccc2OC)C[C@H]1C1CCCCC1. The van der Waals surface area contributed by atoms with Crippen molar-refractivity contribution in [2.24, 2.45) is 11.8 Å². The van der Waals surface area contributed by atoms with Gasteiger partial charge in [0.15, 0.2) is 0 Å². The van der Waals surface area contributed by atoms with Gasteiger partial charge in [0.2, 0.25) is 11.8 Å². The maximum atomic E-state index is 14.6. The van der Waals surface area contributed by atoms with E-state index in [1.807, 2.05) is 6.07 Å². The van der Waals surface area contributed by atoms with Gasteiger partial charge in [0.05, 0.1) is 20.1 Å². The Kier molecular flexibility index (Phi) is 7.35. The van der Waals surface area contributed by atoms with E-state index >= 15 is 0 Å². The van der Waals surface area contributed by atoms with Crippen molar-refractivity contribution >= 4 is 5.91 Å². The second kappa shape index (κ2) is 10.9. The first kappa shape index (κ1) is 25.7. The summed E-state index contributed by atoms with van der Waals surface area (Å²) < 4.78 is 11.2. The van der Waals surface area contributed by atoms with E-state index in [9.17, 15) is 4.79 Å². The lowest BCUT2D eigenvalue weighted by Gasteiger charge is -2.48. The lowest BCUT2D eigenvalue weighted by atomic mass is 9.64. The van der Waals surface area contributed by atoms with E-state index in [-0.39, 0.29) is 11.3 Å². The van der Waals surface area contributed by atoms with Crippen molar-refractivity contribution in [2.45, 2.75) is 81.6 Å². The lowest BCUT2D eigenvalue weighted by Crippen LogP contribution is -2.55. The van der Waals surface area contributed by atoms with Crippen molar-refractivity contribution in [1.29, 1.82) is 0 Å². The van der Waals surface area contributed by atoms with Crippen LogP contribution in [-0.4, -0.2) is 55.7 Å². The van der Waals surface area contributed by atoms with E-state index in [0.717, 1.165) is 63.2 Å². The fourth-order valence-electron chi connectivity index (χ4n) is 8.30. The van der Waals surface area contributed by atoms with Crippen LogP contribution in [0.25, 0.3) is 0 Å². The number of pyridine rings is 1. The number of amides is 1. The largest absolute Gasteiger partial charge is 0.496 e. The first-order valence-electron chi connectivity index (χ1n) is 14.8. The van der Waals surface area contributed by atoms with Gasteiger partial charge in [0, 0.05) is 42.9 Å². The van der Waals surface area contributed by atoms with Gasteiger partial charge in [-0.2, -0.15) is 0 Å². The van der Waals surface area contributed by atoms with Gasteiger partial charge in [-0.05, 0) is 74.0 Å². The predicted octanol–water partition coefficient (Wildman–Crippen LogP) is 5.25. The Morgan fingerprint density at radius 3 is 2.68 bits per heavy atom. The normalized spacial score (nSPS) is 29.7. The molecule has 1 spiro atoms. The van der Waals surface area contributed by atoms with Gasteiger partial charge in [-0.3, -0.25) is 4.79 Å². The number of ether oxygens (including phenoxy) is 2. The van der Waals surface area contributed by atoms with Gasteiger partial charge in [0.1, 0.15) is 5.75 Å². The van der Waals surface area contributed by atoms with E-state index in [4.69, 9.17) is 14.5 Å². The van der Waals surface area contributed by atoms with Crippen LogP contribution in [0.2, 0.25) is 0 Å². The van der Waals surface area contributed by atoms with E-state index in [1.165, 1.54) is 43.2 Å². The highest BCUT2D eigenvalue weighted by molar-refractivity contribution is 5.82. The molecule has 38 heavy (non-hydrogen) atoms. The molecule has 1 aromatic heterocycles. The molecule has 6 heteroatoms. The third-order valence-corrected chi connectivity index (χ3v) is 10.2. The molecule has 2 aromatic rings. The minimum absolute atomic E-state index is 0.0364. The minimum Gasteiger partial charge on any atom is -0.496 e. The molecule has 6 rings (SSSR count). The zero-order valence-corrected chi connectivity index (χ0v) is 23.1. The summed E-state index contributed by atoms with van der Waals surface area (Å²) in [5.41, 5.74) is 3.53. The lowest BCUT2D eigenvalue weighted by molar-refractivity contribution is -0.143.